The van der Waals surface area contributed by atoms with Crippen molar-refractivity contribution in [1.82, 2.24) is 29.5 Å². The van der Waals surface area contributed by atoms with E-state index < -0.39 is 0 Å². The minimum atomic E-state index is -0.0101. The Bertz CT molecular complexity index is 1080. The number of carbonyl (C=O) groups excluding carboxylic acids is 1. The van der Waals surface area contributed by atoms with Gasteiger partial charge in [-0.25, -0.2) is 14.6 Å². The molecule has 0 N–H and O–H groups in total. The summed E-state index contributed by atoms with van der Waals surface area (Å²) in [5, 5.41) is 4.42. The zero-order chi connectivity index (χ0) is 22.5. The summed E-state index contributed by atoms with van der Waals surface area (Å²) in [6, 6.07) is 9.53. The highest BCUT2D eigenvalue weighted by Gasteiger charge is 2.25. The second kappa shape index (κ2) is 9.88. The lowest BCUT2D eigenvalue weighted by Gasteiger charge is -2.34. The highest BCUT2D eigenvalue weighted by Crippen LogP contribution is 2.23. The third kappa shape index (κ3) is 4.63. The van der Waals surface area contributed by atoms with E-state index in [0.29, 0.717) is 31.2 Å². The van der Waals surface area contributed by atoms with Gasteiger partial charge in [0, 0.05) is 51.6 Å². The van der Waals surface area contributed by atoms with E-state index in [1.165, 1.54) is 0 Å². The first-order valence-electron chi connectivity index (χ1n) is 10.6. The second-order valence-corrected chi connectivity index (χ2v) is 7.66. The Kier molecular flexibility index (Phi) is 6.77. The molecule has 1 fully saturated rings. The van der Waals surface area contributed by atoms with Crippen LogP contribution in [0.3, 0.4) is 0 Å². The van der Waals surface area contributed by atoms with Crippen molar-refractivity contribution in [3.05, 3.63) is 54.0 Å². The zero-order valence-electron chi connectivity index (χ0n) is 18.7. The van der Waals surface area contributed by atoms with Gasteiger partial charge in [-0.2, -0.15) is 5.10 Å². The maximum absolute atomic E-state index is 13.1. The third-order valence-corrected chi connectivity index (χ3v) is 5.71. The van der Waals surface area contributed by atoms with Gasteiger partial charge in [-0.05, 0) is 25.1 Å². The van der Waals surface area contributed by atoms with Crippen LogP contribution in [0.25, 0.3) is 17.2 Å². The summed E-state index contributed by atoms with van der Waals surface area (Å²) in [5.41, 5.74) is 2.97. The average molecular weight is 437 g/mol. The first-order chi connectivity index (χ1) is 15.6. The quantitative estimate of drug-likeness (QED) is 0.560. The van der Waals surface area contributed by atoms with Gasteiger partial charge in [-0.1, -0.05) is 12.1 Å². The molecule has 1 aliphatic rings. The van der Waals surface area contributed by atoms with Crippen LogP contribution in [0.5, 0.6) is 5.75 Å². The first kappa shape index (κ1) is 21.9. The summed E-state index contributed by atoms with van der Waals surface area (Å²) in [4.78, 5) is 26.3. The number of aromatic nitrogens is 4. The van der Waals surface area contributed by atoms with Crippen LogP contribution in [0.15, 0.2) is 42.7 Å². The number of ether oxygens (including phenoxy) is 2. The van der Waals surface area contributed by atoms with Crippen molar-refractivity contribution in [1.29, 1.82) is 0 Å². The molecule has 2 aromatic heterocycles. The molecule has 1 amide bonds. The summed E-state index contributed by atoms with van der Waals surface area (Å²) in [6.45, 7) is 6.52. The largest absolute Gasteiger partial charge is 0.497 e. The number of hydrogen-bond acceptors (Lipinski definition) is 7. The summed E-state index contributed by atoms with van der Waals surface area (Å²) in [5.74, 6) is 1.17. The Balaban J connectivity index is 1.51. The van der Waals surface area contributed by atoms with E-state index in [0.717, 1.165) is 42.3 Å². The SMILES string of the molecule is COCCN1CCN(C(=O)c2cnn(-c3nccc(-c4cccc(OC)c4)n3)c2C)CC1. The Hall–Kier alpha value is -3.30. The standard InChI is InChI=1S/C23H28N6O3/c1-17-20(22(30)28-11-9-27(10-12-28)13-14-31-2)16-25-29(17)23-24-8-7-21(26-23)18-5-4-6-19(15-18)32-3/h4-8,15-16H,9-14H2,1-3H3. The molecule has 3 heterocycles. The molecule has 0 saturated carbocycles. The van der Waals surface area contributed by atoms with Crippen LogP contribution < -0.4 is 4.74 Å². The minimum Gasteiger partial charge on any atom is -0.497 e. The van der Waals surface area contributed by atoms with Crippen molar-refractivity contribution in [2.45, 2.75) is 6.92 Å². The summed E-state index contributed by atoms with van der Waals surface area (Å²) >= 11 is 0. The Morgan fingerprint density at radius 2 is 1.94 bits per heavy atom. The summed E-state index contributed by atoms with van der Waals surface area (Å²) in [7, 11) is 3.34. The van der Waals surface area contributed by atoms with Gasteiger partial charge in [0.25, 0.3) is 11.9 Å². The molecular formula is C23H28N6O3. The number of piperazine rings is 1. The number of benzene rings is 1. The molecule has 0 atom stereocenters. The minimum absolute atomic E-state index is 0.0101. The number of hydrogen-bond donors (Lipinski definition) is 0. The lowest BCUT2D eigenvalue weighted by Crippen LogP contribution is -2.49. The molecule has 32 heavy (non-hydrogen) atoms. The smallest absolute Gasteiger partial charge is 0.257 e. The van der Waals surface area contributed by atoms with Gasteiger partial charge in [0.15, 0.2) is 0 Å². The van der Waals surface area contributed by atoms with Gasteiger partial charge in [0.1, 0.15) is 5.75 Å². The molecule has 1 aromatic carbocycles. The van der Waals surface area contributed by atoms with Crippen molar-refractivity contribution >= 4 is 5.91 Å². The van der Waals surface area contributed by atoms with Crippen molar-refractivity contribution in [3.63, 3.8) is 0 Å². The van der Waals surface area contributed by atoms with Crippen LogP contribution in [0.2, 0.25) is 0 Å². The molecule has 3 aromatic rings. The molecule has 0 radical (unpaired) electrons. The molecular weight excluding hydrogens is 408 g/mol. The van der Waals surface area contributed by atoms with Crippen molar-refractivity contribution in [2.24, 2.45) is 0 Å². The average Bonchev–Trinajstić information content (AvgIpc) is 3.24. The lowest BCUT2D eigenvalue weighted by atomic mass is 10.1. The van der Waals surface area contributed by atoms with Crippen LogP contribution in [-0.2, 0) is 4.74 Å². The predicted molar refractivity (Wildman–Crippen MR) is 120 cm³/mol. The van der Waals surface area contributed by atoms with Crippen molar-refractivity contribution < 1.29 is 14.3 Å². The monoisotopic (exact) mass is 436 g/mol. The van der Waals surface area contributed by atoms with Gasteiger partial charge in [0.05, 0.1) is 36.9 Å². The highest BCUT2D eigenvalue weighted by molar-refractivity contribution is 5.95. The number of amides is 1. The number of nitrogens with zero attached hydrogens (tertiary/aromatic N) is 6. The Morgan fingerprint density at radius 1 is 1.12 bits per heavy atom. The molecule has 1 aliphatic heterocycles. The molecule has 0 unspecified atom stereocenters. The topological polar surface area (TPSA) is 85.6 Å². The number of carbonyl (C=O) groups is 1. The Labute approximate surface area is 187 Å². The second-order valence-electron chi connectivity index (χ2n) is 7.66. The van der Waals surface area contributed by atoms with Gasteiger partial charge in [-0.3, -0.25) is 9.69 Å². The van der Waals surface area contributed by atoms with Gasteiger partial charge in [-0.15, -0.1) is 0 Å². The maximum atomic E-state index is 13.1. The van der Waals surface area contributed by atoms with E-state index in [-0.39, 0.29) is 5.91 Å². The van der Waals surface area contributed by atoms with Crippen molar-refractivity contribution in [3.8, 4) is 23.0 Å². The van der Waals surface area contributed by atoms with Gasteiger partial charge >= 0.3 is 0 Å². The fraction of sp³-hybridized carbons (Fsp3) is 0.391. The van der Waals surface area contributed by atoms with E-state index in [2.05, 4.69) is 20.0 Å². The Morgan fingerprint density at radius 3 is 2.69 bits per heavy atom. The van der Waals surface area contributed by atoms with Crippen LogP contribution >= 0.6 is 0 Å². The summed E-state index contributed by atoms with van der Waals surface area (Å²) < 4.78 is 12.1. The normalized spacial score (nSPS) is 14.5. The van der Waals surface area contributed by atoms with Crippen LogP contribution in [0.1, 0.15) is 16.1 Å². The molecule has 1 saturated heterocycles. The lowest BCUT2D eigenvalue weighted by molar-refractivity contribution is 0.0593. The molecule has 4 rings (SSSR count). The van der Waals surface area contributed by atoms with Crippen LogP contribution in [0, 0.1) is 6.92 Å². The predicted octanol–water partition coefficient (Wildman–Crippen LogP) is 2.05. The van der Waals surface area contributed by atoms with Gasteiger partial charge < -0.3 is 14.4 Å². The molecule has 0 spiro atoms. The van der Waals surface area contributed by atoms with E-state index in [4.69, 9.17) is 9.47 Å². The highest BCUT2D eigenvalue weighted by atomic mass is 16.5. The van der Waals surface area contributed by atoms with Crippen molar-refractivity contribution in [2.75, 3.05) is 53.6 Å². The third-order valence-electron chi connectivity index (χ3n) is 5.71. The maximum Gasteiger partial charge on any atom is 0.257 e. The molecule has 168 valence electrons. The van der Waals surface area contributed by atoms with Crippen LogP contribution in [-0.4, -0.2) is 89.0 Å². The molecule has 0 aliphatic carbocycles. The van der Waals surface area contributed by atoms with E-state index in [9.17, 15) is 4.79 Å². The fourth-order valence-electron chi connectivity index (χ4n) is 3.78. The van der Waals surface area contributed by atoms with E-state index >= 15 is 0 Å². The molecule has 9 heteroatoms. The fourth-order valence-corrected chi connectivity index (χ4v) is 3.78. The van der Waals surface area contributed by atoms with Gasteiger partial charge in [0.2, 0.25) is 0 Å². The number of rotatable bonds is 7. The first-order valence-corrected chi connectivity index (χ1v) is 10.6. The molecule has 0 bridgehead atoms. The van der Waals surface area contributed by atoms with Crippen LogP contribution in [0.4, 0.5) is 0 Å². The number of methoxy groups -OCH3 is 2. The summed E-state index contributed by atoms with van der Waals surface area (Å²) in [6.07, 6.45) is 3.30. The zero-order valence-corrected chi connectivity index (χ0v) is 18.7. The van der Waals surface area contributed by atoms with E-state index in [1.807, 2.05) is 42.2 Å². The molecule has 9 nitrogen and oxygen atoms in total. The van der Waals surface area contributed by atoms with E-state index in [1.54, 1.807) is 31.3 Å².